The molecule has 1 aromatic rings. The van der Waals surface area contributed by atoms with Crippen molar-refractivity contribution in [2.45, 2.75) is 58.4 Å². The molecule has 2 amide bonds. The van der Waals surface area contributed by atoms with E-state index in [1.54, 1.807) is 24.4 Å². The summed E-state index contributed by atoms with van der Waals surface area (Å²) in [4.78, 5) is 41.2. The smallest absolute Gasteiger partial charge is 0.309 e. The summed E-state index contributed by atoms with van der Waals surface area (Å²) in [5.74, 6) is -1.54. The van der Waals surface area contributed by atoms with Crippen molar-refractivity contribution < 1.29 is 14.4 Å². The molecule has 1 saturated carbocycles. The van der Waals surface area contributed by atoms with Gasteiger partial charge in [-0.2, -0.15) is 5.10 Å². The molecule has 1 aromatic heterocycles. The van der Waals surface area contributed by atoms with Gasteiger partial charge in [-0.05, 0) is 37.3 Å². The van der Waals surface area contributed by atoms with E-state index in [-0.39, 0.29) is 17.7 Å². The van der Waals surface area contributed by atoms with E-state index in [1.807, 2.05) is 13.8 Å². The Hall–Kier alpha value is -2.57. The molecule has 0 spiro atoms. The third-order valence-corrected chi connectivity index (χ3v) is 4.59. The average Bonchev–Trinajstić information content (AvgIpc) is 2.68. The zero-order valence-electron chi connectivity index (χ0n) is 16.0. The summed E-state index contributed by atoms with van der Waals surface area (Å²) in [6, 6.07) is 4.46. The zero-order chi connectivity index (χ0) is 19.6. The van der Waals surface area contributed by atoms with Crippen molar-refractivity contribution in [1.29, 1.82) is 0 Å². The quantitative estimate of drug-likeness (QED) is 0.415. The van der Waals surface area contributed by atoms with Crippen molar-refractivity contribution in [3.8, 4) is 0 Å². The van der Waals surface area contributed by atoms with Gasteiger partial charge in [0.05, 0.1) is 18.0 Å². The number of hydrogen-bond donors (Lipinski definition) is 2. The van der Waals surface area contributed by atoms with Crippen LogP contribution in [-0.2, 0) is 14.4 Å². The third kappa shape index (κ3) is 6.92. The van der Waals surface area contributed by atoms with Gasteiger partial charge in [0.2, 0.25) is 11.7 Å². The molecule has 2 rings (SSSR count). The first kappa shape index (κ1) is 20.7. The number of carbonyl (C=O) groups is 3. The molecule has 7 nitrogen and oxygen atoms in total. The molecule has 0 aromatic carbocycles. The van der Waals surface area contributed by atoms with Crippen LogP contribution in [0.25, 0.3) is 0 Å². The third-order valence-electron chi connectivity index (χ3n) is 4.59. The summed E-state index contributed by atoms with van der Waals surface area (Å²) in [6.07, 6.45) is 8.28. The highest BCUT2D eigenvalue weighted by molar-refractivity contribution is 6.38. The van der Waals surface area contributed by atoms with Gasteiger partial charge >= 0.3 is 5.91 Å². The van der Waals surface area contributed by atoms with Crippen molar-refractivity contribution in [3.05, 3.63) is 30.1 Å². The first-order valence-corrected chi connectivity index (χ1v) is 9.56. The molecule has 1 aliphatic carbocycles. The van der Waals surface area contributed by atoms with Gasteiger partial charge < -0.3 is 5.32 Å². The fraction of sp³-hybridized carbons (Fsp3) is 0.550. The number of ketones is 1. The minimum absolute atomic E-state index is 0.0635. The number of aromatic nitrogens is 1. The lowest BCUT2D eigenvalue weighted by Gasteiger charge is -2.24. The Kier molecular flexibility index (Phi) is 8.10. The first-order valence-electron chi connectivity index (χ1n) is 9.56. The predicted molar refractivity (Wildman–Crippen MR) is 103 cm³/mol. The Labute approximate surface area is 160 Å². The van der Waals surface area contributed by atoms with Gasteiger partial charge in [0.15, 0.2) is 0 Å². The molecule has 1 atom stereocenters. The van der Waals surface area contributed by atoms with Crippen LogP contribution in [0.1, 0.15) is 58.1 Å². The van der Waals surface area contributed by atoms with Gasteiger partial charge in [-0.3, -0.25) is 19.4 Å². The zero-order valence-corrected chi connectivity index (χ0v) is 16.0. The molecule has 0 bridgehead atoms. The van der Waals surface area contributed by atoms with Gasteiger partial charge in [0.1, 0.15) is 0 Å². The maximum absolute atomic E-state index is 12.5. The number of nitrogens with zero attached hydrogens (tertiary/aromatic N) is 2. The topological polar surface area (TPSA) is 101 Å². The van der Waals surface area contributed by atoms with Crippen molar-refractivity contribution in [2.24, 2.45) is 16.9 Å². The number of hydrogen-bond acceptors (Lipinski definition) is 5. The second-order valence-corrected chi connectivity index (χ2v) is 7.34. The van der Waals surface area contributed by atoms with Gasteiger partial charge in [-0.1, -0.05) is 39.2 Å². The number of carbonyl (C=O) groups excluding carboxylic acids is 3. The number of Topliss-reactive ketones (excluding diaryl/α,β-unsaturated/α-hetero) is 1. The molecule has 146 valence electrons. The van der Waals surface area contributed by atoms with Crippen molar-refractivity contribution in [1.82, 2.24) is 15.7 Å². The molecule has 0 radical (unpaired) electrons. The molecular formula is C20H28N4O3. The Morgan fingerprint density at radius 3 is 2.59 bits per heavy atom. The van der Waals surface area contributed by atoms with Crippen LogP contribution in [0.2, 0.25) is 0 Å². The van der Waals surface area contributed by atoms with E-state index in [2.05, 4.69) is 20.8 Å². The molecule has 27 heavy (non-hydrogen) atoms. The van der Waals surface area contributed by atoms with Crippen molar-refractivity contribution in [3.63, 3.8) is 0 Å². The van der Waals surface area contributed by atoms with Crippen LogP contribution in [-0.4, -0.2) is 34.8 Å². The second-order valence-electron chi connectivity index (χ2n) is 7.34. The molecule has 7 heteroatoms. The van der Waals surface area contributed by atoms with Gasteiger partial charge in [-0.25, -0.2) is 5.43 Å². The van der Waals surface area contributed by atoms with E-state index in [4.69, 9.17) is 0 Å². The molecule has 1 heterocycles. The Balaban J connectivity index is 1.94. The Morgan fingerprint density at radius 2 is 1.96 bits per heavy atom. The molecule has 2 N–H and O–H groups in total. The fourth-order valence-corrected chi connectivity index (χ4v) is 3.18. The average molecular weight is 372 g/mol. The van der Waals surface area contributed by atoms with Crippen LogP contribution in [0, 0.1) is 11.8 Å². The summed E-state index contributed by atoms with van der Waals surface area (Å²) in [6.45, 7) is 3.90. The Morgan fingerprint density at radius 1 is 1.22 bits per heavy atom. The van der Waals surface area contributed by atoms with Crippen LogP contribution in [0.15, 0.2) is 29.5 Å². The monoisotopic (exact) mass is 372 g/mol. The highest BCUT2D eigenvalue weighted by Crippen LogP contribution is 2.24. The molecule has 1 aliphatic rings. The predicted octanol–water partition coefficient (Wildman–Crippen LogP) is 2.21. The van der Waals surface area contributed by atoms with Crippen LogP contribution >= 0.6 is 0 Å². The maximum atomic E-state index is 12.5. The van der Waals surface area contributed by atoms with Crippen LogP contribution in [0.3, 0.4) is 0 Å². The van der Waals surface area contributed by atoms with Crippen LogP contribution < -0.4 is 10.7 Å². The first-order chi connectivity index (χ1) is 13.0. The summed E-state index contributed by atoms with van der Waals surface area (Å²) in [7, 11) is 0. The van der Waals surface area contributed by atoms with Gasteiger partial charge in [0.25, 0.3) is 0 Å². The fourth-order valence-electron chi connectivity index (χ4n) is 3.18. The number of rotatable bonds is 8. The highest BCUT2D eigenvalue weighted by Gasteiger charge is 2.30. The summed E-state index contributed by atoms with van der Waals surface area (Å²) >= 11 is 0. The summed E-state index contributed by atoms with van der Waals surface area (Å²) in [5.41, 5.74) is 2.79. The minimum atomic E-state index is -0.836. The number of pyridine rings is 1. The van der Waals surface area contributed by atoms with E-state index in [0.717, 1.165) is 32.1 Å². The van der Waals surface area contributed by atoms with E-state index in [1.165, 1.54) is 6.21 Å². The summed E-state index contributed by atoms with van der Waals surface area (Å²) in [5, 5.41) is 6.57. The number of hydrazone groups is 1. The SMILES string of the molecule is CC(C)CC(NC(=O)C1CCCCC1)C(=O)C(=O)NN=Cc1ccccn1. The lowest BCUT2D eigenvalue weighted by molar-refractivity contribution is -0.140. The maximum Gasteiger partial charge on any atom is 0.309 e. The van der Waals surface area contributed by atoms with E-state index < -0.39 is 17.7 Å². The molecule has 1 unspecified atom stereocenters. The standard InChI is InChI=1S/C20H28N4O3/c1-14(2)12-17(23-19(26)15-8-4-3-5-9-15)18(25)20(27)24-22-13-16-10-6-7-11-21-16/h6-7,10-11,13-15,17H,3-5,8-9,12H2,1-2H3,(H,23,26)(H,24,27). The van der Waals surface area contributed by atoms with E-state index in [9.17, 15) is 14.4 Å². The molecule has 0 aliphatic heterocycles. The van der Waals surface area contributed by atoms with Crippen molar-refractivity contribution >= 4 is 23.8 Å². The summed E-state index contributed by atoms with van der Waals surface area (Å²) < 4.78 is 0. The van der Waals surface area contributed by atoms with Crippen LogP contribution in [0.5, 0.6) is 0 Å². The number of nitrogens with one attached hydrogen (secondary N) is 2. The normalized spacial score (nSPS) is 16.3. The Bertz CT molecular complexity index is 667. The van der Waals surface area contributed by atoms with Crippen molar-refractivity contribution in [2.75, 3.05) is 0 Å². The second kappa shape index (κ2) is 10.5. The van der Waals surface area contributed by atoms with Crippen LogP contribution in [0.4, 0.5) is 0 Å². The highest BCUT2D eigenvalue weighted by atomic mass is 16.2. The molecular weight excluding hydrogens is 344 g/mol. The number of amides is 2. The van der Waals surface area contributed by atoms with Gasteiger partial charge in [-0.15, -0.1) is 0 Å². The molecule has 1 fully saturated rings. The van der Waals surface area contributed by atoms with E-state index in [0.29, 0.717) is 12.1 Å². The lowest BCUT2D eigenvalue weighted by Crippen LogP contribution is -2.49. The lowest BCUT2D eigenvalue weighted by atomic mass is 9.88. The van der Waals surface area contributed by atoms with Gasteiger partial charge in [0, 0.05) is 12.1 Å². The van der Waals surface area contributed by atoms with E-state index >= 15 is 0 Å². The molecule has 0 saturated heterocycles. The largest absolute Gasteiger partial charge is 0.345 e. The minimum Gasteiger partial charge on any atom is -0.345 e.